The Kier molecular flexibility index (Phi) is 4.01. The summed E-state index contributed by atoms with van der Waals surface area (Å²) in [5.74, 6) is 0. The number of hydrogen-bond donors (Lipinski definition) is 1. The molecule has 0 spiro atoms. The monoisotopic (exact) mass is 89.0 g/mol. The summed E-state index contributed by atoms with van der Waals surface area (Å²) in [5.41, 5.74) is 0. The fourth-order valence-electron chi connectivity index (χ4n) is 0.117. The van der Waals surface area contributed by atoms with Crippen LogP contribution in [0, 0.1) is 0 Å². The van der Waals surface area contributed by atoms with E-state index in [1.54, 1.807) is 0 Å². The van der Waals surface area contributed by atoms with E-state index in [9.17, 15) is 4.79 Å². The molecule has 36 valence electrons. The van der Waals surface area contributed by atoms with Crippen molar-refractivity contribution >= 4 is 6.41 Å². The number of nitrogens with one attached hydrogen (secondary N) is 1. The molecule has 0 aliphatic carbocycles. The van der Waals surface area contributed by atoms with Gasteiger partial charge < -0.3 is 10.1 Å². The van der Waals surface area contributed by atoms with Gasteiger partial charge in [-0.25, -0.2) is 0 Å². The molecule has 0 aromatic heterocycles. The molecule has 0 saturated heterocycles. The molecule has 0 aliphatic heterocycles. The van der Waals surface area contributed by atoms with Crippen molar-refractivity contribution < 1.29 is 9.53 Å². The van der Waals surface area contributed by atoms with Gasteiger partial charge in [0.1, 0.15) is 6.73 Å². The van der Waals surface area contributed by atoms with Crippen LogP contribution in [0.25, 0.3) is 0 Å². The average Bonchev–Trinajstić information content (AvgIpc) is 1.61. The van der Waals surface area contributed by atoms with E-state index < -0.39 is 0 Å². The molecule has 0 aromatic rings. The molecule has 1 amide bonds. The lowest BCUT2D eigenvalue weighted by Crippen LogP contribution is -2.12. The van der Waals surface area contributed by atoms with Gasteiger partial charge in [-0.1, -0.05) is 0 Å². The maximum Gasteiger partial charge on any atom is 0.208 e. The molecule has 3 heteroatoms. The van der Waals surface area contributed by atoms with Crippen molar-refractivity contribution in [2.75, 3.05) is 13.8 Å². The molecule has 0 atom stereocenters. The van der Waals surface area contributed by atoms with Crippen LogP contribution in [0.3, 0.4) is 0 Å². The zero-order valence-electron chi connectivity index (χ0n) is 3.60. The third-order valence-electron chi connectivity index (χ3n) is 0.311. The van der Waals surface area contributed by atoms with E-state index in [0.717, 1.165) is 0 Å². The first-order valence-corrected chi connectivity index (χ1v) is 1.57. The van der Waals surface area contributed by atoms with Gasteiger partial charge in [0.25, 0.3) is 0 Å². The Morgan fingerprint density at radius 3 is 2.83 bits per heavy atom. The topological polar surface area (TPSA) is 38.3 Å². The normalized spacial score (nSPS) is 7.50. The SMILES string of the molecule is COCNC=O. The lowest BCUT2D eigenvalue weighted by Gasteiger charge is -1.89. The first kappa shape index (κ1) is 5.43. The number of hydrogen-bond acceptors (Lipinski definition) is 2. The van der Waals surface area contributed by atoms with Crippen molar-refractivity contribution in [3.05, 3.63) is 0 Å². The van der Waals surface area contributed by atoms with Gasteiger partial charge in [-0.2, -0.15) is 0 Å². The maximum atomic E-state index is 9.37. The molecule has 0 aromatic carbocycles. The van der Waals surface area contributed by atoms with Crippen LogP contribution >= 0.6 is 0 Å². The van der Waals surface area contributed by atoms with Gasteiger partial charge in [-0.05, 0) is 0 Å². The summed E-state index contributed by atoms with van der Waals surface area (Å²) in [5, 5.41) is 2.30. The highest BCUT2D eigenvalue weighted by atomic mass is 16.5. The van der Waals surface area contributed by atoms with Gasteiger partial charge in [0.15, 0.2) is 0 Å². The number of rotatable bonds is 3. The van der Waals surface area contributed by atoms with E-state index in [2.05, 4.69) is 10.1 Å². The molecule has 0 bridgehead atoms. The van der Waals surface area contributed by atoms with Gasteiger partial charge >= 0.3 is 0 Å². The van der Waals surface area contributed by atoms with Gasteiger partial charge in [-0.15, -0.1) is 0 Å². The van der Waals surface area contributed by atoms with Crippen molar-refractivity contribution in [3.8, 4) is 0 Å². The van der Waals surface area contributed by atoms with Gasteiger partial charge in [-0.3, -0.25) is 4.79 Å². The molecular weight excluding hydrogens is 82.0 g/mol. The zero-order chi connectivity index (χ0) is 4.83. The molecule has 3 nitrogen and oxygen atoms in total. The fraction of sp³-hybridized carbons (Fsp3) is 0.667. The fourth-order valence-corrected chi connectivity index (χ4v) is 0.117. The lowest BCUT2D eigenvalue weighted by molar-refractivity contribution is -0.110. The van der Waals surface area contributed by atoms with Gasteiger partial charge in [0, 0.05) is 7.11 Å². The predicted molar refractivity (Wildman–Crippen MR) is 21.1 cm³/mol. The maximum absolute atomic E-state index is 9.37. The van der Waals surface area contributed by atoms with Crippen LogP contribution in [0.1, 0.15) is 0 Å². The number of ether oxygens (including phenoxy) is 1. The predicted octanol–water partition coefficient (Wildman–Crippen LogP) is -0.664. The highest BCUT2D eigenvalue weighted by Gasteiger charge is 1.67. The van der Waals surface area contributed by atoms with Crippen LogP contribution in [0.5, 0.6) is 0 Å². The van der Waals surface area contributed by atoms with E-state index in [1.165, 1.54) is 7.11 Å². The number of methoxy groups -OCH3 is 1. The van der Waals surface area contributed by atoms with Crippen molar-refractivity contribution in [3.63, 3.8) is 0 Å². The molecule has 0 rings (SSSR count). The quantitative estimate of drug-likeness (QED) is 0.283. The van der Waals surface area contributed by atoms with Gasteiger partial charge in [0.2, 0.25) is 6.41 Å². The number of carbonyl (C=O) groups excluding carboxylic acids is 1. The Hall–Kier alpha value is -0.570. The van der Waals surface area contributed by atoms with Crippen molar-refractivity contribution in [1.29, 1.82) is 0 Å². The van der Waals surface area contributed by atoms with E-state index in [-0.39, 0.29) is 0 Å². The molecule has 0 unspecified atom stereocenters. The van der Waals surface area contributed by atoms with Crippen molar-refractivity contribution in [2.45, 2.75) is 0 Å². The van der Waals surface area contributed by atoms with Crippen LogP contribution in [0.15, 0.2) is 0 Å². The average molecular weight is 89.1 g/mol. The Labute approximate surface area is 36.3 Å². The third kappa shape index (κ3) is 3.43. The molecule has 0 heterocycles. The van der Waals surface area contributed by atoms with E-state index in [4.69, 9.17) is 0 Å². The summed E-state index contributed by atoms with van der Waals surface area (Å²) in [6.07, 6.45) is 0.587. The van der Waals surface area contributed by atoms with Crippen molar-refractivity contribution in [1.82, 2.24) is 5.32 Å². The number of amides is 1. The standard InChI is InChI=1S/C3H7NO2/c1-6-3-4-2-5/h2H,3H2,1H3,(H,4,5). The minimum atomic E-state index is 0.295. The highest BCUT2D eigenvalue weighted by molar-refractivity contribution is 5.45. The largest absolute Gasteiger partial charge is 0.365 e. The summed E-state index contributed by atoms with van der Waals surface area (Å²) in [6, 6.07) is 0. The second kappa shape index (κ2) is 4.43. The minimum Gasteiger partial charge on any atom is -0.365 e. The second-order valence-electron chi connectivity index (χ2n) is 0.755. The Balaban J connectivity index is 2.49. The van der Waals surface area contributed by atoms with Crippen LogP contribution in [0.4, 0.5) is 0 Å². The summed E-state index contributed by atoms with van der Waals surface area (Å²) in [7, 11) is 1.51. The highest BCUT2D eigenvalue weighted by Crippen LogP contribution is 1.49. The summed E-state index contributed by atoms with van der Waals surface area (Å²) in [4.78, 5) is 9.37. The molecule has 0 fully saturated rings. The van der Waals surface area contributed by atoms with E-state index >= 15 is 0 Å². The van der Waals surface area contributed by atoms with Crippen molar-refractivity contribution in [2.24, 2.45) is 0 Å². The smallest absolute Gasteiger partial charge is 0.208 e. The molecule has 0 radical (unpaired) electrons. The first-order chi connectivity index (χ1) is 2.91. The number of carbonyl (C=O) groups is 1. The van der Waals surface area contributed by atoms with E-state index in [1.807, 2.05) is 0 Å². The van der Waals surface area contributed by atoms with Crippen LogP contribution in [-0.4, -0.2) is 20.3 Å². The molecule has 0 aliphatic rings. The van der Waals surface area contributed by atoms with Crippen LogP contribution in [-0.2, 0) is 9.53 Å². The van der Waals surface area contributed by atoms with Gasteiger partial charge in [0.05, 0.1) is 0 Å². The second-order valence-corrected chi connectivity index (χ2v) is 0.755. The van der Waals surface area contributed by atoms with Crippen LogP contribution in [0.2, 0.25) is 0 Å². The molecule has 1 N–H and O–H groups in total. The summed E-state index contributed by atoms with van der Waals surface area (Å²) in [6.45, 7) is 0.295. The third-order valence-corrected chi connectivity index (χ3v) is 0.311. The summed E-state index contributed by atoms with van der Waals surface area (Å²) >= 11 is 0. The zero-order valence-corrected chi connectivity index (χ0v) is 3.60. The Morgan fingerprint density at radius 1 is 2.00 bits per heavy atom. The Morgan fingerprint density at radius 2 is 2.67 bits per heavy atom. The van der Waals surface area contributed by atoms with Crippen LogP contribution < -0.4 is 5.32 Å². The lowest BCUT2D eigenvalue weighted by atomic mass is 11.1. The Bertz CT molecular complexity index is 37.8. The molecular formula is C3H7NO2. The first-order valence-electron chi connectivity index (χ1n) is 1.57. The van der Waals surface area contributed by atoms with E-state index in [0.29, 0.717) is 13.1 Å². The summed E-state index contributed by atoms with van der Waals surface area (Å²) < 4.78 is 4.44. The molecule has 6 heavy (non-hydrogen) atoms. The molecule has 0 saturated carbocycles. The minimum absolute atomic E-state index is 0.295.